The molecule has 1 fully saturated rings. The van der Waals surface area contributed by atoms with Crippen LogP contribution in [0.2, 0.25) is 0 Å². The second-order valence-corrected chi connectivity index (χ2v) is 7.27. The van der Waals surface area contributed by atoms with Crippen LogP contribution in [0.4, 0.5) is 20.3 Å². The second kappa shape index (κ2) is 7.58. The van der Waals surface area contributed by atoms with Gasteiger partial charge in [0.15, 0.2) is 5.65 Å². The van der Waals surface area contributed by atoms with Crippen LogP contribution in [0.25, 0.3) is 16.6 Å². The van der Waals surface area contributed by atoms with E-state index < -0.39 is 12.3 Å². The van der Waals surface area contributed by atoms with Crippen LogP contribution in [-0.4, -0.2) is 56.6 Å². The molecule has 4 aromatic rings. The number of fused-ring (bicyclic) bond motifs is 2. The number of halogens is 2. The second-order valence-electron chi connectivity index (χ2n) is 7.27. The molecule has 1 saturated heterocycles. The van der Waals surface area contributed by atoms with Gasteiger partial charge in [-0.25, -0.2) is 18.3 Å². The van der Waals surface area contributed by atoms with Crippen LogP contribution in [0.5, 0.6) is 0 Å². The van der Waals surface area contributed by atoms with Crippen molar-refractivity contribution in [3.8, 4) is 0 Å². The first-order valence-electron chi connectivity index (χ1n) is 9.73. The van der Waals surface area contributed by atoms with E-state index in [0.29, 0.717) is 48.7 Å². The molecule has 0 aliphatic carbocycles. The standard InChI is InChI=1S/C20H19F2N7O2/c1-27-11-12-8-16(13(18(21)22)9-15(12)26-27)24-20(30)14-10-23-29-3-2-17(25-19(14)29)28-4-6-31-7-5-28/h2-3,8-11,18H,4-7H2,1H3,(H,24,30). The molecule has 3 aromatic heterocycles. The van der Waals surface area contributed by atoms with Crippen molar-refractivity contribution < 1.29 is 18.3 Å². The number of aryl methyl sites for hydroxylation is 1. The average molecular weight is 427 g/mol. The van der Waals surface area contributed by atoms with Gasteiger partial charge in [0.2, 0.25) is 0 Å². The highest BCUT2D eigenvalue weighted by molar-refractivity contribution is 6.09. The maximum absolute atomic E-state index is 13.6. The fraction of sp³-hybridized carbons (Fsp3) is 0.300. The van der Waals surface area contributed by atoms with Crippen LogP contribution in [0.3, 0.4) is 0 Å². The van der Waals surface area contributed by atoms with Crippen molar-refractivity contribution in [1.82, 2.24) is 24.4 Å². The first-order valence-corrected chi connectivity index (χ1v) is 9.73. The lowest BCUT2D eigenvalue weighted by Gasteiger charge is -2.27. The fourth-order valence-corrected chi connectivity index (χ4v) is 3.68. The van der Waals surface area contributed by atoms with E-state index in [2.05, 4.69) is 25.4 Å². The van der Waals surface area contributed by atoms with Crippen molar-refractivity contribution in [1.29, 1.82) is 0 Å². The van der Waals surface area contributed by atoms with E-state index in [1.807, 2.05) is 6.07 Å². The number of rotatable bonds is 4. The van der Waals surface area contributed by atoms with Crippen LogP contribution in [0.15, 0.2) is 36.8 Å². The molecule has 1 N–H and O–H groups in total. The number of carbonyl (C=O) groups is 1. The van der Waals surface area contributed by atoms with Crippen LogP contribution < -0.4 is 10.2 Å². The number of anilines is 2. The highest BCUT2D eigenvalue weighted by Crippen LogP contribution is 2.31. The number of benzene rings is 1. The van der Waals surface area contributed by atoms with Gasteiger partial charge >= 0.3 is 0 Å². The lowest BCUT2D eigenvalue weighted by atomic mass is 10.1. The van der Waals surface area contributed by atoms with Gasteiger partial charge < -0.3 is 15.0 Å². The molecule has 1 aliphatic rings. The third-order valence-electron chi connectivity index (χ3n) is 5.21. The SMILES string of the molecule is Cn1cc2cc(NC(=O)c3cnn4ccc(N5CCOCC5)nc34)c(C(F)F)cc2n1. The van der Waals surface area contributed by atoms with Gasteiger partial charge in [0.1, 0.15) is 11.4 Å². The van der Waals surface area contributed by atoms with Crippen LogP contribution in [-0.2, 0) is 11.8 Å². The summed E-state index contributed by atoms with van der Waals surface area (Å²) in [4.78, 5) is 19.6. The average Bonchev–Trinajstić information content (AvgIpc) is 3.35. The number of carbonyl (C=O) groups excluding carboxylic acids is 1. The number of aromatic nitrogens is 5. The highest BCUT2D eigenvalue weighted by Gasteiger charge is 2.21. The van der Waals surface area contributed by atoms with E-state index in [-0.39, 0.29) is 16.8 Å². The minimum Gasteiger partial charge on any atom is -0.378 e. The molecule has 0 atom stereocenters. The lowest BCUT2D eigenvalue weighted by molar-refractivity contribution is 0.102. The molecule has 11 heteroatoms. The summed E-state index contributed by atoms with van der Waals surface area (Å²) in [6.45, 7) is 2.60. The Labute approximate surface area is 175 Å². The Morgan fingerprint density at radius 1 is 1.26 bits per heavy atom. The smallest absolute Gasteiger partial charge is 0.265 e. The van der Waals surface area contributed by atoms with Crippen molar-refractivity contribution in [2.75, 3.05) is 36.5 Å². The van der Waals surface area contributed by atoms with Crippen molar-refractivity contribution in [2.24, 2.45) is 7.05 Å². The van der Waals surface area contributed by atoms with E-state index in [4.69, 9.17) is 4.74 Å². The summed E-state index contributed by atoms with van der Waals surface area (Å²) in [5, 5.41) is 11.6. The Bertz CT molecular complexity index is 1280. The van der Waals surface area contributed by atoms with Gasteiger partial charge in [-0.1, -0.05) is 0 Å². The molecule has 1 amide bonds. The summed E-state index contributed by atoms with van der Waals surface area (Å²) >= 11 is 0. The van der Waals surface area contributed by atoms with Crippen molar-refractivity contribution in [3.05, 3.63) is 47.9 Å². The van der Waals surface area contributed by atoms with Crippen molar-refractivity contribution in [2.45, 2.75) is 6.43 Å². The Hall–Kier alpha value is -3.60. The largest absolute Gasteiger partial charge is 0.378 e. The predicted molar refractivity (Wildman–Crippen MR) is 110 cm³/mol. The zero-order valence-corrected chi connectivity index (χ0v) is 16.6. The summed E-state index contributed by atoms with van der Waals surface area (Å²) in [5.74, 6) is 0.141. The number of amides is 1. The summed E-state index contributed by atoms with van der Waals surface area (Å²) in [7, 11) is 1.71. The quantitative estimate of drug-likeness (QED) is 0.539. The molecule has 31 heavy (non-hydrogen) atoms. The first kappa shape index (κ1) is 19.4. The maximum atomic E-state index is 13.6. The fourth-order valence-electron chi connectivity index (χ4n) is 3.68. The molecule has 0 saturated carbocycles. The van der Waals surface area contributed by atoms with E-state index in [1.165, 1.54) is 27.5 Å². The van der Waals surface area contributed by atoms with Gasteiger partial charge in [0, 0.05) is 43.5 Å². The lowest BCUT2D eigenvalue weighted by Crippen LogP contribution is -2.36. The molecule has 5 rings (SSSR count). The van der Waals surface area contributed by atoms with Crippen molar-refractivity contribution in [3.63, 3.8) is 0 Å². The molecule has 0 unspecified atom stereocenters. The number of ether oxygens (including phenoxy) is 1. The molecular formula is C20H19F2N7O2. The summed E-state index contributed by atoms with van der Waals surface area (Å²) in [5.41, 5.74) is 0.718. The minimum atomic E-state index is -2.77. The van der Waals surface area contributed by atoms with Gasteiger partial charge in [-0.3, -0.25) is 9.48 Å². The first-order chi connectivity index (χ1) is 15.0. The number of nitrogens with zero attached hydrogens (tertiary/aromatic N) is 6. The summed E-state index contributed by atoms with van der Waals surface area (Å²) in [6, 6.07) is 4.61. The zero-order valence-electron chi connectivity index (χ0n) is 16.6. The van der Waals surface area contributed by atoms with E-state index in [0.717, 1.165) is 0 Å². The van der Waals surface area contributed by atoms with E-state index in [9.17, 15) is 13.6 Å². The molecule has 9 nitrogen and oxygen atoms in total. The molecule has 1 aromatic carbocycles. The van der Waals surface area contributed by atoms with Gasteiger partial charge in [-0.15, -0.1) is 0 Å². The van der Waals surface area contributed by atoms with Crippen LogP contribution in [0.1, 0.15) is 22.3 Å². The Kier molecular flexibility index (Phi) is 4.74. The zero-order chi connectivity index (χ0) is 21.5. The number of nitrogens with one attached hydrogen (secondary N) is 1. The van der Waals surface area contributed by atoms with E-state index >= 15 is 0 Å². The number of morpholine rings is 1. The normalized spacial score (nSPS) is 14.6. The maximum Gasteiger partial charge on any atom is 0.265 e. The number of hydrogen-bond donors (Lipinski definition) is 1. The van der Waals surface area contributed by atoms with Crippen LogP contribution >= 0.6 is 0 Å². The third kappa shape index (κ3) is 3.56. The van der Waals surface area contributed by atoms with Gasteiger partial charge in [-0.05, 0) is 18.2 Å². The Balaban J connectivity index is 1.49. The van der Waals surface area contributed by atoms with Crippen molar-refractivity contribution >= 4 is 34.0 Å². The molecule has 0 radical (unpaired) electrons. The number of alkyl halides is 2. The Morgan fingerprint density at radius 2 is 2.06 bits per heavy atom. The molecule has 0 bridgehead atoms. The van der Waals surface area contributed by atoms with Gasteiger partial charge in [0.25, 0.3) is 12.3 Å². The predicted octanol–water partition coefficient (Wildman–Crippen LogP) is 2.64. The molecule has 4 heterocycles. The van der Waals surface area contributed by atoms with E-state index in [1.54, 1.807) is 19.4 Å². The van der Waals surface area contributed by atoms with Crippen LogP contribution in [0, 0.1) is 0 Å². The summed E-state index contributed by atoms with van der Waals surface area (Å²) in [6.07, 6.45) is 2.03. The summed E-state index contributed by atoms with van der Waals surface area (Å²) < 4.78 is 35.7. The molecular weight excluding hydrogens is 408 g/mol. The molecule has 0 spiro atoms. The molecule has 1 aliphatic heterocycles. The topological polar surface area (TPSA) is 89.6 Å². The monoisotopic (exact) mass is 427 g/mol. The highest BCUT2D eigenvalue weighted by atomic mass is 19.3. The van der Waals surface area contributed by atoms with Gasteiger partial charge in [-0.2, -0.15) is 10.2 Å². The van der Waals surface area contributed by atoms with Gasteiger partial charge in [0.05, 0.1) is 30.6 Å². The molecule has 160 valence electrons. The number of hydrogen-bond acceptors (Lipinski definition) is 6. The third-order valence-corrected chi connectivity index (χ3v) is 5.21. The minimum absolute atomic E-state index is 0.0317. The Morgan fingerprint density at radius 3 is 2.84 bits per heavy atom.